The Kier molecular flexibility index (Phi) is 5.16. The zero-order chi connectivity index (χ0) is 11.1. The van der Waals surface area contributed by atoms with Crippen LogP contribution >= 0.6 is 0 Å². The molecule has 0 heterocycles. The van der Waals surface area contributed by atoms with Gasteiger partial charge in [0.25, 0.3) is 0 Å². The first-order valence-electron chi connectivity index (χ1n) is 5.77. The summed E-state index contributed by atoms with van der Waals surface area (Å²) in [6.45, 7) is 0. The monoisotopic (exact) mass is 207 g/mol. The molecule has 1 aliphatic carbocycles. The van der Waals surface area contributed by atoms with Gasteiger partial charge in [-0.1, -0.05) is 18.9 Å². The van der Waals surface area contributed by atoms with E-state index >= 15 is 0 Å². The molecule has 0 spiro atoms. The van der Waals surface area contributed by atoms with Crippen molar-refractivity contribution in [1.82, 2.24) is 4.90 Å². The number of nitrogens with zero attached hydrogens (tertiary/aromatic N) is 1. The first-order valence-corrected chi connectivity index (χ1v) is 5.77. The van der Waals surface area contributed by atoms with Crippen molar-refractivity contribution in [2.75, 3.05) is 14.1 Å². The van der Waals surface area contributed by atoms with Gasteiger partial charge in [-0.05, 0) is 37.1 Å². The molecule has 84 valence electrons. The van der Waals surface area contributed by atoms with Crippen LogP contribution in [0.5, 0.6) is 0 Å². The highest BCUT2D eigenvalue weighted by Gasteiger charge is 2.10. The molecule has 0 saturated heterocycles. The van der Waals surface area contributed by atoms with E-state index in [2.05, 4.69) is 0 Å². The lowest BCUT2D eigenvalue weighted by Gasteiger charge is -2.10. The Morgan fingerprint density at radius 1 is 1.07 bits per heavy atom. The van der Waals surface area contributed by atoms with Crippen molar-refractivity contribution in [3.8, 4) is 0 Å². The maximum absolute atomic E-state index is 11.7. The first kappa shape index (κ1) is 12.0. The van der Waals surface area contributed by atoms with E-state index in [9.17, 15) is 4.79 Å². The van der Waals surface area contributed by atoms with Crippen LogP contribution in [0.2, 0.25) is 0 Å². The van der Waals surface area contributed by atoms with Gasteiger partial charge in [0.2, 0.25) is 0 Å². The summed E-state index contributed by atoms with van der Waals surface area (Å²) in [6, 6.07) is 0. The predicted octanol–water partition coefficient (Wildman–Crippen LogP) is 2.91. The summed E-state index contributed by atoms with van der Waals surface area (Å²) in [5, 5.41) is 0. The van der Waals surface area contributed by atoms with Crippen molar-refractivity contribution < 1.29 is 4.79 Å². The average Bonchev–Trinajstić information content (AvgIpc) is 2.16. The van der Waals surface area contributed by atoms with E-state index in [0.717, 1.165) is 31.3 Å². The fourth-order valence-corrected chi connectivity index (χ4v) is 1.76. The minimum atomic E-state index is 0.345. The van der Waals surface area contributed by atoms with Crippen LogP contribution in [0.3, 0.4) is 0 Å². The van der Waals surface area contributed by atoms with E-state index in [1.165, 1.54) is 12.8 Å². The molecule has 2 nitrogen and oxygen atoms in total. The maximum Gasteiger partial charge on any atom is 0.158 e. The molecule has 0 aromatic rings. The van der Waals surface area contributed by atoms with Gasteiger partial charge in [0, 0.05) is 20.5 Å². The standard InChI is InChI=1S/C13H21NO/c1-14(2)11-7-9-12-8-5-3-4-6-10-13(12)15/h7,9,11H,3-6,8,10H2,1-2H3/b11-7+,12-9+. The van der Waals surface area contributed by atoms with Crippen molar-refractivity contribution in [2.45, 2.75) is 38.5 Å². The molecule has 0 aromatic heterocycles. The summed E-state index contributed by atoms with van der Waals surface area (Å²) < 4.78 is 0. The minimum absolute atomic E-state index is 0.345. The highest BCUT2D eigenvalue weighted by atomic mass is 16.1. The fraction of sp³-hybridized carbons (Fsp3) is 0.615. The number of Topliss-reactive ketones (excluding diaryl/α,β-unsaturated/α-hetero) is 1. The molecule has 0 aromatic carbocycles. The van der Waals surface area contributed by atoms with Crippen molar-refractivity contribution in [3.05, 3.63) is 23.9 Å². The van der Waals surface area contributed by atoms with Crippen LogP contribution in [0.4, 0.5) is 0 Å². The second-order valence-corrected chi connectivity index (χ2v) is 4.33. The van der Waals surface area contributed by atoms with Gasteiger partial charge >= 0.3 is 0 Å². The summed E-state index contributed by atoms with van der Waals surface area (Å²) in [5.41, 5.74) is 1.01. The Bertz CT molecular complexity index is 264. The molecule has 1 saturated carbocycles. The zero-order valence-electron chi connectivity index (χ0n) is 9.83. The van der Waals surface area contributed by atoms with Gasteiger partial charge in [-0.15, -0.1) is 0 Å². The van der Waals surface area contributed by atoms with Crippen LogP contribution in [0.1, 0.15) is 38.5 Å². The Labute approximate surface area is 92.7 Å². The van der Waals surface area contributed by atoms with E-state index in [1.807, 2.05) is 37.3 Å². The van der Waals surface area contributed by atoms with Crippen LogP contribution in [0.25, 0.3) is 0 Å². The molecule has 0 aliphatic heterocycles. The molecule has 1 fully saturated rings. The highest BCUT2D eigenvalue weighted by Crippen LogP contribution is 2.18. The average molecular weight is 207 g/mol. The van der Waals surface area contributed by atoms with Gasteiger partial charge in [0.05, 0.1) is 0 Å². The normalized spacial score (nSPS) is 21.7. The van der Waals surface area contributed by atoms with Gasteiger partial charge in [0.1, 0.15) is 0 Å². The Hall–Kier alpha value is -1.05. The van der Waals surface area contributed by atoms with E-state index in [0.29, 0.717) is 5.78 Å². The van der Waals surface area contributed by atoms with Gasteiger partial charge in [0.15, 0.2) is 5.78 Å². The number of allylic oxidation sites excluding steroid dienone is 3. The van der Waals surface area contributed by atoms with Gasteiger partial charge < -0.3 is 4.90 Å². The second kappa shape index (κ2) is 6.44. The van der Waals surface area contributed by atoms with Crippen molar-refractivity contribution >= 4 is 5.78 Å². The fourth-order valence-electron chi connectivity index (χ4n) is 1.76. The van der Waals surface area contributed by atoms with Crippen LogP contribution in [-0.4, -0.2) is 24.8 Å². The number of rotatable bonds is 2. The number of carbonyl (C=O) groups excluding carboxylic acids is 1. The topological polar surface area (TPSA) is 20.3 Å². The quantitative estimate of drug-likeness (QED) is 0.649. The number of hydrogen-bond acceptors (Lipinski definition) is 2. The van der Waals surface area contributed by atoms with E-state index in [-0.39, 0.29) is 0 Å². The molecule has 0 bridgehead atoms. The Morgan fingerprint density at radius 2 is 1.73 bits per heavy atom. The third-order valence-corrected chi connectivity index (χ3v) is 2.64. The molecule has 15 heavy (non-hydrogen) atoms. The molecule has 0 unspecified atom stereocenters. The number of ketones is 1. The largest absolute Gasteiger partial charge is 0.383 e. The lowest BCUT2D eigenvalue weighted by molar-refractivity contribution is -0.116. The summed E-state index contributed by atoms with van der Waals surface area (Å²) in [5.74, 6) is 0.345. The summed E-state index contributed by atoms with van der Waals surface area (Å²) in [7, 11) is 3.96. The predicted molar refractivity (Wildman–Crippen MR) is 63.6 cm³/mol. The molecule has 0 radical (unpaired) electrons. The van der Waals surface area contributed by atoms with E-state index in [1.54, 1.807) is 0 Å². The molecular formula is C13H21NO. The van der Waals surface area contributed by atoms with Crippen LogP contribution in [0, 0.1) is 0 Å². The lowest BCUT2D eigenvalue weighted by atomic mass is 9.95. The van der Waals surface area contributed by atoms with Crippen molar-refractivity contribution in [2.24, 2.45) is 0 Å². The Morgan fingerprint density at radius 3 is 2.40 bits per heavy atom. The summed E-state index contributed by atoms with van der Waals surface area (Å²) in [6.07, 6.45) is 12.3. The zero-order valence-corrected chi connectivity index (χ0v) is 9.83. The SMILES string of the molecule is CN(C)/C=C/C=C1\CCCCCCC1=O. The molecule has 0 N–H and O–H groups in total. The molecule has 0 amide bonds. The third kappa shape index (κ3) is 4.82. The molecule has 1 rings (SSSR count). The minimum Gasteiger partial charge on any atom is -0.383 e. The smallest absolute Gasteiger partial charge is 0.158 e. The van der Waals surface area contributed by atoms with Crippen molar-refractivity contribution in [3.63, 3.8) is 0 Å². The molecule has 0 atom stereocenters. The van der Waals surface area contributed by atoms with E-state index < -0.39 is 0 Å². The van der Waals surface area contributed by atoms with Gasteiger partial charge in [-0.3, -0.25) is 4.79 Å². The van der Waals surface area contributed by atoms with E-state index in [4.69, 9.17) is 0 Å². The van der Waals surface area contributed by atoms with Crippen LogP contribution < -0.4 is 0 Å². The molecule has 2 heteroatoms. The first-order chi connectivity index (χ1) is 7.20. The lowest BCUT2D eigenvalue weighted by Crippen LogP contribution is -2.05. The molecular weight excluding hydrogens is 186 g/mol. The Balaban J connectivity index is 2.58. The van der Waals surface area contributed by atoms with Gasteiger partial charge in [-0.2, -0.15) is 0 Å². The second-order valence-electron chi connectivity index (χ2n) is 4.33. The summed E-state index contributed by atoms with van der Waals surface area (Å²) in [4.78, 5) is 13.7. The van der Waals surface area contributed by atoms with Crippen LogP contribution in [-0.2, 0) is 4.79 Å². The highest BCUT2D eigenvalue weighted by molar-refractivity contribution is 5.95. The maximum atomic E-state index is 11.7. The van der Waals surface area contributed by atoms with Gasteiger partial charge in [-0.25, -0.2) is 0 Å². The number of carbonyl (C=O) groups is 1. The molecule has 1 aliphatic rings. The van der Waals surface area contributed by atoms with Crippen LogP contribution in [0.15, 0.2) is 23.9 Å². The van der Waals surface area contributed by atoms with Crippen molar-refractivity contribution in [1.29, 1.82) is 0 Å². The summed E-state index contributed by atoms with van der Waals surface area (Å²) >= 11 is 0. The third-order valence-electron chi connectivity index (χ3n) is 2.64. The number of hydrogen-bond donors (Lipinski definition) is 0.